The molecule has 0 aliphatic carbocycles. The van der Waals surface area contributed by atoms with Crippen LogP contribution in [0.1, 0.15) is 24.0 Å². The Morgan fingerprint density at radius 2 is 1.69 bits per heavy atom. The predicted octanol–water partition coefficient (Wildman–Crippen LogP) is 3.87. The molecular weight excluding hydrogens is 520 g/mol. The number of aryl methyl sites for hydroxylation is 1. The molecule has 202 valence electrons. The second-order valence-electron chi connectivity index (χ2n) is 9.04. The van der Waals surface area contributed by atoms with Crippen molar-refractivity contribution in [1.82, 2.24) is 14.5 Å². The number of hydrogen-bond donors (Lipinski definition) is 2. The van der Waals surface area contributed by atoms with Crippen molar-refractivity contribution in [3.8, 4) is 5.75 Å². The second-order valence-corrected chi connectivity index (χ2v) is 9.48. The highest BCUT2D eigenvalue weighted by molar-refractivity contribution is 6.31. The van der Waals surface area contributed by atoms with Crippen molar-refractivity contribution in [2.24, 2.45) is 0 Å². The van der Waals surface area contributed by atoms with E-state index in [1.807, 2.05) is 31.2 Å². The maximum atomic E-state index is 13.4. The molecular formula is C29H29ClN4O5. The van der Waals surface area contributed by atoms with Crippen LogP contribution in [0, 0.1) is 6.92 Å². The first-order valence-corrected chi connectivity index (χ1v) is 12.8. The minimum absolute atomic E-state index is 0.0274. The van der Waals surface area contributed by atoms with Crippen LogP contribution in [0.15, 0.2) is 76.3 Å². The molecule has 1 heterocycles. The van der Waals surface area contributed by atoms with Crippen molar-refractivity contribution in [3.63, 3.8) is 0 Å². The predicted molar refractivity (Wildman–Crippen MR) is 151 cm³/mol. The van der Waals surface area contributed by atoms with Crippen LogP contribution in [-0.4, -0.2) is 28.1 Å². The maximum Gasteiger partial charge on any atom is 0.331 e. The summed E-state index contributed by atoms with van der Waals surface area (Å²) in [5.74, 6) is 0.0236. The fraction of sp³-hybridized carbons (Fsp3) is 0.241. The first kappa shape index (κ1) is 27.7. The normalized spacial score (nSPS) is 10.8. The van der Waals surface area contributed by atoms with E-state index in [9.17, 15) is 19.2 Å². The summed E-state index contributed by atoms with van der Waals surface area (Å²) in [7, 11) is 1.57. The summed E-state index contributed by atoms with van der Waals surface area (Å²) in [4.78, 5) is 51.9. The molecule has 1 aromatic heterocycles. The van der Waals surface area contributed by atoms with Gasteiger partial charge in [-0.25, -0.2) is 4.79 Å². The van der Waals surface area contributed by atoms with E-state index < -0.39 is 17.2 Å². The van der Waals surface area contributed by atoms with Crippen LogP contribution >= 0.6 is 11.6 Å². The Bertz CT molecular complexity index is 1640. The van der Waals surface area contributed by atoms with Gasteiger partial charge in [0.2, 0.25) is 11.8 Å². The number of hydrogen-bond acceptors (Lipinski definition) is 5. The second kappa shape index (κ2) is 12.4. The molecule has 0 atom stereocenters. The number of rotatable bonds is 10. The lowest BCUT2D eigenvalue weighted by atomic mass is 10.2. The van der Waals surface area contributed by atoms with Gasteiger partial charge in [-0.3, -0.25) is 23.5 Å². The van der Waals surface area contributed by atoms with Gasteiger partial charge in [-0.05, 0) is 49.2 Å². The van der Waals surface area contributed by atoms with Gasteiger partial charge in [0, 0.05) is 35.8 Å². The topological polar surface area (TPSA) is 111 Å². The average molecular weight is 549 g/mol. The first-order chi connectivity index (χ1) is 18.8. The zero-order valence-corrected chi connectivity index (χ0v) is 22.5. The number of nitrogens with zero attached hydrogens (tertiary/aromatic N) is 2. The number of ether oxygens (including phenoxy) is 1. The molecule has 2 N–H and O–H groups in total. The first-order valence-electron chi connectivity index (χ1n) is 12.5. The molecule has 0 unspecified atom stereocenters. The van der Waals surface area contributed by atoms with Crippen LogP contribution < -0.4 is 26.6 Å². The van der Waals surface area contributed by atoms with Gasteiger partial charge in [-0.2, -0.15) is 0 Å². The van der Waals surface area contributed by atoms with Crippen molar-refractivity contribution >= 4 is 40.0 Å². The molecule has 0 radical (unpaired) electrons. The molecule has 0 aliphatic heterocycles. The summed E-state index contributed by atoms with van der Waals surface area (Å²) in [6, 6.07) is 19.2. The van der Waals surface area contributed by atoms with Gasteiger partial charge < -0.3 is 15.4 Å². The summed E-state index contributed by atoms with van der Waals surface area (Å²) >= 11 is 6.06. The fourth-order valence-corrected chi connectivity index (χ4v) is 4.48. The minimum Gasteiger partial charge on any atom is -0.496 e. The van der Waals surface area contributed by atoms with E-state index in [1.54, 1.807) is 49.6 Å². The molecule has 0 bridgehead atoms. The molecule has 0 saturated heterocycles. The van der Waals surface area contributed by atoms with Crippen molar-refractivity contribution in [3.05, 3.63) is 104 Å². The standard InChI is InChI=1S/C29H29ClN4O5/c1-19-13-14-21(30)16-23(19)32-27(36)18-34-24-10-5-4-9-22(24)28(37)33(29(34)38)15-7-12-26(35)31-17-20-8-3-6-11-25(20)39-2/h3-6,8-11,13-14,16H,7,12,15,17-18H2,1-2H3,(H,31,35)(H,32,36). The van der Waals surface area contributed by atoms with Gasteiger partial charge in [0.25, 0.3) is 5.56 Å². The van der Waals surface area contributed by atoms with Gasteiger partial charge in [0.1, 0.15) is 12.3 Å². The van der Waals surface area contributed by atoms with Crippen LogP contribution in [-0.2, 0) is 29.2 Å². The van der Waals surface area contributed by atoms with Crippen molar-refractivity contribution in [1.29, 1.82) is 0 Å². The van der Waals surface area contributed by atoms with Crippen LogP contribution in [0.2, 0.25) is 5.02 Å². The van der Waals surface area contributed by atoms with Gasteiger partial charge in [-0.15, -0.1) is 0 Å². The molecule has 2 amide bonds. The Morgan fingerprint density at radius 3 is 2.49 bits per heavy atom. The van der Waals surface area contributed by atoms with E-state index in [0.717, 1.165) is 15.7 Å². The highest BCUT2D eigenvalue weighted by Gasteiger charge is 2.16. The van der Waals surface area contributed by atoms with E-state index in [0.29, 0.717) is 33.9 Å². The lowest BCUT2D eigenvalue weighted by Crippen LogP contribution is -2.42. The average Bonchev–Trinajstić information content (AvgIpc) is 2.94. The number of halogens is 1. The highest BCUT2D eigenvalue weighted by atomic mass is 35.5. The van der Waals surface area contributed by atoms with E-state index >= 15 is 0 Å². The molecule has 9 nitrogen and oxygen atoms in total. The molecule has 0 fully saturated rings. The Morgan fingerprint density at radius 1 is 0.949 bits per heavy atom. The quantitative estimate of drug-likeness (QED) is 0.312. The monoisotopic (exact) mass is 548 g/mol. The number of carbonyl (C=O) groups is 2. The van der Waals surface area contributed by atoms with E-state index in [2.05, 4.69) is 10.6 Å². The minimum atomic E-state index is -0.619. The van der Waals surface area contributed by atoms with Crippen LogP contribution in [0.5, 0.6) is 5.75 Å². The fourth-order valence-electron chi connectivity index (χ4n) is 4.31. The summed E-state index contributed by atoms with van der Waals surface area (Å²) < 4.78 is 7.65. The third-order valence-electron chi connectivity index (χ3n) is 6.36. The van der Waals surface area contributed by atoms with E-state index in [4.69, 9.17) is 16.3 Å². The number of fused-ring (bicyclic) bond motifs is 1. The molecule has 0 spiro atoms. The number of para-hydroxylation sites is 2. The highest BCUT2D eigenvalue weighted by Crippen LogP contribution is 2.20. The SMILES string of the molecule is COc1ccccc1CNC(=O)CCCn1c(=O)c2ccccc2n(CC(=O)Nc2cc(Cl)ccc2C)c1=O. The third kappa shape index (κ3) is 6.56. The lowest BCUT2D eigenvalue weighted by molar-refractivity contribution is -0.121. The number of aromatic nitrogens is 2. The van der Waals surface area contributed by atoms with Crippen LogP contribution in [0.4, 0.5) is 5.69 Å². The third-order valence-corrected chi connectivity index (χ3v) is 6.60. The lowest BCUT2D eigenvalue weighted by Gasteiger charge is -2.15. The molecule has 4 rings (SSSR count). The number of anilines is 1. The van der Waals surface area contributed by atoms with Gasteiger partial charge >= 0.3 is 5.69 Å². The molecule has 10 heteroatoms. The molecule has 4 aromatic rings. The van der Waals surface area contributed by atoms with Crippen LogP contribution in [0.25, 0.3) is 10.9 Å². The number of nitrogens with one attached hydrogen (secondary N) is 2. The Balaban J connectivity index is 1.49. The Hall–Kier alpha value is -4.37. The smallest absolute Gasteiger partial charge is 0.331 e. The molecule has 3 aromatic carbocycles. The Labute approximate surface area is 230 Å². The summed E-state index contributed by atoms with van der Waals surface area (Å²) in [5, 5.41) is 6.40. The van der Waals surface area contributed by atoms with Gasteiger partial charge in [0.15, 0.2) is 0 Å². The number of amides is 2. The van der Waals surface area contributed by atoms with Crippen LogP contribution in [0.3, 0.4) is 0 Å². The molecule has 0 aliphatic rings. The largest absolute Gasteiger partial charge is 0.496 e. The molecule has 0 saturated carbocycles. The Kier molecular flexibility index (Phi) is 8.83. The van der Waals surface area contributed by atoms with E-state index in [-0.39, 0.29) is 31.8 Å². The van der Waals surface area contributed by atoms with Gasteiger partial charge in [0.05, 0.1) is 18.0 Å². The summed E-state index contributed by atoms with van der Waals surface area (Å²) in [6.07, 6.45) is 0.377. The number of methoxy groups -OCH3 is 1. The molecule has 39 heavy (non-hydrogen) atoms. The number of benzene rings is 3. The zero-order valence-electron chi connectivity index (χ0n) is 21.7. The summed E-state index contributed by atoms with van der Waals surface area (Å²) in [6.45, 7) is 1.86. The van der Waals surface area contributed by atoms with Gasteiger partial charge in [-0.1, -0.05) is 48.0 Å². The van der Waals surface area contributed by atoms with E-state index in [1.165, 1.54) is 4.57 Å². The summed E-state index contributed by atoms with van der Waals surface area (Å²) in [5.41, 5.74) is 1.47. The number of carbonyl (C=O) groups excluding carboxylic acids is 2. The van der Waals surface area contributed by atoms with Crippen molar-refractivity contribution < 1.29 is 14.3 Å². The zero-order chi connectivity index (χ0) is 27.9. The van der Waals surface area contributed by atoms with Crippen molar-refractivity contribution in [2.45, 2.75) is 39.4 Å². The van der Waals surface area contributed by atoms with Crippen molar-refractivity contribution in [2.75, 3.05) is 12.4 Å². The maximum absolute atomic E-state index is 13.4.